The van der Waals surface area contributed by atoms with Crippen molar-refractivity contribution in [3.05, 3.63) is 65.2 Å². The van der Waals surface area contributed by atoms with Gasteiger partial charge in [-0.05, 0) is 75.1 Å². The second-order valence-corrected chi connectivity index (χ2v) is 9.93. The van der Waals surface area contributed by atoms with Gasteiger partial charge in [0.1, 0.15) is 5.75 Å². The van der Waals surface area contributed by atoms with E-state index in [1.54, 1.807) is 0 Å². The van der Waals surface area contributed by atoms with E-state index in [1.807, 2.05) is 73.2 Å². The Bertz CT molecular complexity index is 977. The molecule has 0 bridgehead atoms. The highest BCUT2D eigenvalue weighted by Gasteiger charge is 2.38. The van der Waals surface area contributed by atoms with E-state index in [0.717, 1.165) is 68.5 Å². The fraction of sp³-hybridized carbons (Fsp3) is 0.500. The van der Waals surface area contributed by atoms with Crippen molar-refractivity contribution >= 4 is 11.8 Å². The molecule has 0 aromatic heterocycles. The van der Waals surface area contributed by atoms with Crippen LogP contribution < -0.4 is 4.74 Å². The van der Waals surface area contributed by atoms with Gasteiger partial charge in [0.05, 0.1) is 0 Å². The molecule has 0 aliphatic carbocycles. The number of likely N-dealkylation sites (tertiary alicyclic amines) is 1. The van der Waals surface area contributed by atoms with E-state index < -0.39 is 6.10 Å². The average Bonchev–Trinajstić information content (AvgIpc) is 2.82. The number of carbonyl (C=O) groups is 2. The van der Waals surface area contributed by atoms with Gasteiger partial charge >= 0.3 is 0 Å². The molecule has 2 aliphatic rings. The van der Waals surface area contributed by atoms with Gasteiger partial charge in [-0.25, -0.2) is 0 Å². The van der Waals surface area contributed by atoms with Gasteiger partial charge in [0, 0.05) is 32.2 Å². The number of piperidine rings is 1. The van der Waals surface area contributed by atoms with Crippen LogP contribution >= 0.6 is 0 Å². The van der Waals surface area contributed by atoms with Gasteiger partial charge in [-0.15, -0.1) is 0 Å². The smallest absolute Gasteiger partial charge is 0.263 e. The number of benzene rings is 2. The highest BCUT2D eigenvalue weighted by Crippen LogP contribution is 2.38. The molecule has 0 unspecified atom stereocenters. The van der Waals surface area contributed by atoms with Crippen molar-refractivity contribution in [2.45, 2.75) is 58.5 Å². The van der Waals surface area contributed by atoms with Crippen molar-refractivity contribution in [1.82, 2.24) is 9.80 Å². The van der Waals surface area contributed by atoms with Crippen molar-refractivity contribution < 1.29 is 14.3 Å². The quantitative estimate of drug-likeness (QED) is 0.625. The molecular formula is C28H36N2O3. The number of rotatable bonds is 1. The van der Waals surface area contributed by atoms with E-state index in [1.165, 1.54) is 5.56 Å². The molecule has 1 atom stereocenters. The number of aryl methyl sites for hydroxylation is 2. The van der Waals surface area contributed by atoms with E-state index in [4.69, 9.17) is 4.74 Å². The average molecular weight is 449 g/mol. The molecule has 4 rings (SSSR count). The number of nitrogens with zero attached hydrogens (tertiary/aromatic N) is 2. The number of likely N-dealkylation sites (N-methyl/N-ethyl adjacent to an activating group) is 1. The maximum atomic E-state index is 13.1. The lowest BCUT2D eigenvalue weighted by molar-refractivity contribution is -0.138. The summed E-state index contributed by atoms with van der Waals surface area (Å²) in [6.45, 7) is 6.07. The Hall–Kier alpha value is -2.82. The summed E-state index contributed by atoms with van der Waals surface area (Å²) in [7, 11) is 1.89. The summed E-state index contributed by atoms with van der Waals surface area (Å²) in [4.78, 5) is 30.0. The minimum absolute atomic E-state index is 0.0166. The zero-order chi connectivity index (χ0) is 23.4. The first-order chi connectivity index (χ1) is 15.9. The van der Waals surface area contributed by atoms with Crippen molar-refractivity contribution in [3.8, 4) is 5.75 Å². The van der Waals surface area contributed by atoms with Crippen molar-refractivity contribution in [3.63, 3.8) is 0 Å². The molecule has 0 radical (unpaired) electrons. The van der Waals surface area contributed by atoms with E-state index in [-0.39, 0.29) is 17.2 Å². The molecular weight excluding hydrogens is 412 g/mol. The van der Waals surface area contributed by atoms with Crippen LogP contribution in [-0.2, 0) is 11.2 Å². The second kappa shape index (κ2) is 9.98. The van der Waals surface area contributed by atoms with Crippen LogP contribution in [0.3, 0.4) is 0 Å². The molecule has 176 valence electrons. The molecule has 5 nitrogen and oxygen atoms in total. The number of hydrogen-bond donors (Lipinski definition) is 0. The zero-order valence-electron chi connectivity index (χ0n) is 20.2. The SMILES string of the molecule is Cc1ccc(C(=O)N2CCC3(CCCCc4ccccc4O[C@H](C)C(=O)N(C)C3)CC2)cc1. The summed E-state index contributed by atoms with van der Waals surface area (Å²) < 4.78 is 6.09. The number of ether oxygens (including phenoxy) is 1. The van der Waals surface area contributed by atoms with Gasteiger partial charge in [-0.2, -0.15) is 0 Å². The standard InChI is InChI=1S/C28H36N2O3/c1-21-11-13-24(14-12-21)27(32)30-18-16-28(17-19-30)15-7-6-9-23-8-4-5-10-25(23)33-22(2)26(31)29(3)20-28/h4-5,8,10-14,22H,6-7,9,15-20H2,1-3H3/t22-/m1/s1. The lowest BCUT2D eigenvalue weighted by Crippen LogP contribution is -2.50. The van der Waals surface area contributed by atoms with Gasteiger partial charge in [0.15, 0.2) is 6.10 Å². The van der Waals surface area contributed by atoms with Crippen LogP contribution in [0.15, 0.2) is 48.5 Å². The molecule has 5 heteroatoms. The zero-order valence-corrected chi connectivity index (χ0v) is 20.2. The summed E-state index contributed by atoms with van der Waals surface area (Å²) in [5.41, 5.74) is 3.14. The highest BCUT2D eigenvalue weighted by atomic mass is 16.5. The fourth-order valence-corrected chi connectivity index (χ4v) is 5.32. The van der Waals surface area contributed by atoms with Crippen molar-refractivity contribution in [2.24, 2.45) is 5.41 Å². The molecule has 2 aliphatic heterocycles. The molecule has 0 N–H and O–H groups in total. The number of fused-ring (bicyclic) bond motifs is 1. The summed E-state index contributed by atoms with van der Waals surface area (Å²) in [5.74, 6) is 0.953. The molecule has 1 saturated heterocycles. The van der Waals surface area contributed by atoms with Gasteiger partial charge in [0.25, 0.3) is 11.8 Å². The first kappa shape index (κ1) is 23.3. The monoisotopic (exact) mass is 448 g/mol. The largest absolute Gasteiger partial charge is 0.481 e. The fourth-order valence-electron chi connectivity index (χ4n) is 5.32. The molecule has 1 spiro atoms. The van der Waals surface area contributed by atoms with Crippen LogP contribution in [0, 0.1) is 12.3 Å². The topological polar surface area (TPSA) is 49.9 Å². The molecule has 33 heavy (non-hydrogen) atoms. The van der Waals surface area contributed by atoms with Gasteiger partial charge < -0.3 is 14.5 Å². The van der Waals surface area contributed by atoms with E-state index in [0.29, 0.717) is 6.54 Å². The lowest BCUT2D eigenvalue weighted by atomic mass is 9.73. The normalized spacial score (nSPS) is 21.5. The van der Waals surface area contributed by atoms with E-state index >= 15 is 0 Å². The van der Waals surface area contributed by atoms with Gasteiger partial charge in [-0.3, -0.25) is 9.59 Å². The minimum atomic E-state index is -0.518. The highest BCUT2D eigenvalue weighted by molar-refractivity contribution is 5.94. The Labute approximate surface area is 197 Å². The summed E-state index contributed by atoms with van der Waals surface area (Å²) in [6.07, 6.45) is 5.58. The van der Waals surface area contributed by atoms with Crippen LogP contribution in [0.4, 0.5) is 0 Å². The Morgan fingerprint density at radius 1 is 1.00 bits per heavy atom. The van der Waals surface area contributed by atoms with Crippen LogP contribution in [0.2, 0.25) is 0 Å². The van der Waals surface area contributed by atoms with Gasteiger partial charge in [0.2, 0.25) is 0 Å². The Morgan fingerprint density at radius 3 is 2.42 bits per heavy atom. The number of carbonyl (C=O) groups excluding carboxylic acids is 2. The van der Waals surface area contributed by atoms with E-state index in [2.05, 4.69) is 6.07 Å². The van der Waals surface area contributed by atoms with E-state index in [9.17, 15) is 9.59 Å². The summed E-state index contributed by atoms with van der Waals surface area (Å²) >= 11 is 0. The van der Waals surface area contributed by atoms with Crippen LogP contribution in [0.5, 0.6) is 5.75 Å². The maximum Gasteiger partial charge on any atom is 0.263 e. The molecule has 2 amide bonds. The molecule has 2 aromatic rings. The van der Waals surface area contributed by atoms with Crippen LogP contribution in [-0.4, -0.2) is 54.4 Å². The number of hydrogen-bond acceptors (Lipinski definition) is 3. The first-order valence-electron chi connectivity index (χ1n) is 12.2. The number of amides is 2. The second-order valence-electron chi connectivity index (χ2n) is 9.93. The summed E-state index contributed by atoms with van der Waals surface area (Å²) in [6, 6.07) is 15.9. The van der Waals surface area contributed by atoms with Crippen molar-refractivity contribution in [1.29, 1.82) is 0 Å². The predicted octanol–water partition coefficient (Wildman–Crippen LogP) is 4.87. The molecule has 2 aromatic carbocycles. The third-order valence-corrected chi connectivity index (χ3v) is 7.39. The van der Waals surface area contributed by atoms with Crippen LogP contribution in [0.1, 0.15) is 60.5 Å². The van der Waals surface area contributed by atoms with Gasteiger partial charge in [-0.1, -0.05) is 42.3 Å². The molecule has 2 heterocycles. The lowest BCUT2D eigenvalue weighted by Gasteiger charge is -2.44. The van der Waals surface area contributed by atoms with Crippen molar-refractivity contribution in [2.75, 3.05) is 26.7 Å². The predicted molar refractivity (Wildman–Crippen MR) is 130 cm³/mol. The Kier molecular flexibility index (Phi) is 7.06. The first-order valence-corrected chi connectivity index (χ1v) is 12.2. The molecule has 1 fully saturated rings. The van der Waals surface area contributed by atoms with Crippen LogP contribution in [0.25, 0.3) is 0 Å². The Morgan fingerprint density at radius 2 is 1.70 bits per heavy atom. The third-order valence-electron chi connectivity index (χ3n) is 7.39. The number of para-hydroxylation sites is 1. The summed E-state index contributed by atoms with van der Waals surface area (Å²) in [5, 5.41) is 0. The maximum absolute atomic E-state index is 13.1. The minimum Gasteiger partial charge on any atom is -0.481 e. The molecule has 0 saturated carbocycles. The third kappa shape index (κ3) is 5.40. The Balaban J connectivity index is 1.47.